The van der Waals surface area contributed by atoms with Crippen molar-refractivity contribution < 1.29 is 24.2 Å². The van der Waals surface area contributed by atoms with Crippen LogP contribution in [0.15, 0.2) is 108 Å². The van der Waals surface area contributed by atoms with Crippen LogP contribution in [-0.4, -0.2) is 38.7 Å². The van der Waals surface area contributed by atoms with Crippen molar-refractivity contribution in [1.29, 1.82) is 0 Å². The van der Waals surface area contributed by atoms with Crippen LogP contribution in [0.5, 0.6) is 0 Å². The second kappa shape index (κ2) is 14.0. The summed E-state index contributed by atoms with van der Waals surface area (Å²) in [5.74, 6) is 0.246. The first kappa shape index (κ1) is 30.4. The summed E-state index contributed by atoms with van der Waals surface area (Å²) in [5.41, 5.74) is 5.65. The summed E-state index contributed by atoms with van der Waals surface area (Å²) in [6.07, 6.45) is 1.18. The van der Waals surface area contributed by atoms with E-state index in [1.807, 2.05) is 97.1 Å². The van der Waals surface area contributed by atoms with Gasteiger partial charge in [0.15, 0.2) is 6.29 Å². The van der Waals surface area contributed by atoms with E-state index in [1.165, 1.54) is 13.1 Å². The number of carbonyl (C=O) groups is 2. The van der Waals surface area contributed by atoms with Gasteiger partial charge in [-0.2, -0.15) is 0 Å². The molecule has 0 bridgehead atoms. The standard InChI is InChI=1S/C35H32N4O5S/c1-22(41)37-26-14-16-29(17-15-26)45-21-28-18-33(24-8-6-23(20-40)7-9-24)44-35(43-28)25-10-12-27(13-11-25)38-34(42)32-19-36-30-4-2-3-5-31(30)39-32/h2-17,19,28,33,35,40H,18,20-21H2,1H3,(H,37,41)(H,38,42)/t28-,33+,35+/m0/s1. The van der Waals surface area contributed by atoms with E-state index in [1.54, 1.807) is 11.8 Å². The highest BCUT2D eigenvalue weighted by atomic mass is 32.2. The number of benzene rings is 4. The molecule has 0 unspecified atom stereocenters. The summed E-state index contributed by atoms with van der Waals surface area (Å²) in [6.45, 7) is 1.47. The first-order valence-corrected chi connectivity index (χ1v) is 15.6. The van der Waals surface area contributed by atoms with Gasteiger partial charge in [-0.25, -0.2) is 4.98 Å². The van der Waals surface area contributed by atoms with Gasteiger partial charge in [-0.15, -0.1) is 11.8 Å². The summed E-state index contributed by atoms with van der Waals surface area (Å²) >= 11 is 1.68. The topological polar surface area (TPSA) is 123 Å². The molecule has 3 N–H and O–H groups in total. The average molecular weight is 621 g/mol. The third-order valence-corrected chi connectivity index (χ3v) is 8.49. The van der Waals surface area contributed by atoms with Gasteiger partial charge >= 0.3 is 0 Å². The van der Waals surface area contributed by atoms with Crippen molar-refractivity contribution >= 4 is 46.0 Å². The van der Waals surface area contributed by atoms with Gasteiger partial charge in [0.05, 0.1) is 36.0 Å². The van der Waals surface area contributed by atoms with Crippen LogP contribution < -0.4 is 10.6 Å². The maximum atomic E-state index is 12.9. The van der Waals surface area contributed by atoms with Crippen LogP contribution in [0.3, 0.4) is 0 Å². The van der Waals surface area contributed by atoms with E-state index in [-0.39, 0.29) is 36.3 Å². The van der Waals surface area contributed by atoms with Crippen molar-refractivity contribution in [3.05, 3.63) is 126 Å². The fraction of sp³-hybridized carbons (Fsp3) is 0.200. The smallest absolute Gasteiger partial charge is 0.275 e. The zero-order valence-electron chi connectivity index (χ0n) is 24.6. The fourth-order valence-corrected chi connectivity index (χ4v) is 5.96. The van der Waals surface area contributed by atoms with E-state index in [9.17, 15) is 14.7 Å². The third kappa shape index (κ3) is 7.73. The molecule has 9 nitrogen and oxygen atoms in total. The molecule has 5 aromatic rings. The lowest BCUT2D eigenvalue weighted by Crippen LogP contribution is -2.31. The molecule has 3 atom stereocenters. The number of carbonyl (C=O) groups excluding carboxylic acids is 2. The first-order valence-electron chi connectivity index (χ1n) is 14.6. The van der Waals surface area contributed by atoms with E-state index in [2.05, 4.69) is 20.6 Å². The predicted octanol–water partition coefficient (Wildman–Crippen LogP) is 6.67. The fourth-order valence-electron chi connectivity index (χ4n) is 5.03. The molecule has 0 spiro atoms. The minimum Gasteiger partial charge on any atom is -0.392 e. The van der Waals surface area contributed by atoms with Crippen LogP contribution in [0, 0.1) is 0 Å². The first-order chi connectivity index (χ1) is 21.9. The van der Waals surface area contributed by atoms with Crippen LogP contribution >= 0.6 is 11.8 Å². The molecule has 1 aromatic heterocycles. The van der Waals surface area contributed by atoms with Crippen molar-refractivity contribution in [2.45, 2.75) is 43.3 Å². The van der Waals surface area contributed by atoms with Crippen LogP contribution in [0.25, 0.3) is 11.0 Å². The molecular formula is C35H32N4O5S. The van der Waals surface area contributed by atoms with E-state index in [0.717, 1.165) is 32.8 Å². The Bertz CT molecular complexity index is 1780. The highest BCUT2D eigenvalue weighted by molar-refractivity contribution is 7.99. The summed E-state index contributed by atoms with van der Waals surface area (Å²) in [7, 11) is 0. The highest BCUT2D eigenvalue weighted by Gasteiger charge is 2.32. The summed E-state index contributed by atoms with van der Waals surface area (Å²) < 4.78 is 12.9. The van der Waals surface area contributed by atoms with Crippen molar-refractivity contribution in [2.24, 2.45) is 0 Å². The zero-order chi connectivity index (χ0) is 31.2. The number of thioether (sulfide) groups is 1. The molecule has 6 rings (SSSR count). The van der Waals surface area contributed by atoms with Gasteiger partial charge in [-0.3, -0.25) is 14.6 Å². The molecule has 2 heterocycles. The van der Waals surface area contributed by atoms with Gasteiger partial charge < -0.3 is 25.2 Å². The van der Waals surface area contributed by atoms with Crippen LogP contribution in [0.2, 0.25) is 0 Å². The van der Waals surface area contributed by atoms with Gasteiger partial charge in [0.2, 0.25) is 5.91 Å². The molecule has 45 heavy (non-hydrogen) atoms. The van der Waals surface area contributed by atoms with E-state index in [0.29, 0.717) is 23.4 Å². The van der Waals surface area contributed by atoms with Gasteiger partial charge in [-0.05, 0) is 59.7 Å². The molecular weight excluding hydrogens is 588 g/mol. The Hall–Kier alpha value is -4.61. The Morgan fingerprint density at radius 1 is 0.844 bits per heavy atom. The number of aromatic nitrogens is 2. The van der Waals surface area contributed by atoms with Crippen LogP contribution in [0.1, 0.15) is 52.9 Å². The molecule has 1 fully saturated rings. The molecule has 0 saturated carbocycles. The number of aliphatic hydroxyl groups is 1. The average Bonchev–Trinajstić information content (AvgIpc) is 3.07. The number of rotatable bonds is 9. The number of para-hydroxylation sites is 2. The third-order valence-electron chi connectivity index (χ3n) is 7.35. The number of ether oxygens (including phenoxy) is 2. The largest absolute Gasteiger partial charge is 0.392 e. The quantitative estimate of drug-likeness (QED) is 0.156. The molecule has 1 aliphatic heterocycles. The maximum absolute atomic E-state index is 12.9. The number of amides is 2. The lowest BCUT2D eigenvalue weighted by atomic mass is 10.0. The molecule has 1 saturated heterocycles. The van der Waals surface area contributed by atoms with Crippen molar-refractivity contribution in [2.75, 3.05) is 16.4 Å². The van der Waals surface area contributed by atoms with Crippen LogP contribution in [-0.2, 0) is 20.9 Å². The number of hydrogen-bond donors (Lipinski definition) is 3. The normalized spacial score (nSPS) is 18.0. The minimum atomic E-state index is -0.620. The lowest BCUT2D eigenvalue weighted by molar-refractivity contribution is -0.245. The van der Waals surface area contributed by atoms with Gasteiger partial charge in [0.25, 0.3) is 5.91 Å². The molecule has 228 valence electrons. The number of nitrogens with zero attached hydrogens (tertiary/aromatic N) is 2. The number of anilines is 2. The second-order valence-electron chi connectivity index (χ2n) is 10.7. The Morgan fingerprint density at radius 3 is 2.22 bits per heavy atom. The Balaban J connectivity index is 1.15. The molecule has 0 aliphatic carbocycles. The SMILES string of the molecule is CC(=O)Nc1ccc(SC[C@@H]2C[C@H](c3ccc(CO)cc3)O[C@H](c3ccc(NC(=O)c4cnc5ccccc5n4)cc3)O2)cc1. The Morgan fingerprint density at radius 2 is 1.51 bits per heavy atom. The maximum Gasteiger partial charge on any atom is 0.275 e. The Kier molecular flexibility index (Phi) is 9.46. The molecule has 2 amide bonds. The highest BCUT2D eigenvalue weighted by Crippen LogP contribution is 2.39. The van der Waals surface area contributed by atoms with Gasteiger partial charge in [0.1, 0.15) is 5.69 Å². The second-order valence-corrected chi connectivity index (χ2v) is 11.8. The number of hydrogen-bond acceptors (Lipinski definition) is 8. The summed E-state index contributed by atoms with van der Waals surface area (Å²) in [4.78, 5) is 34.1. The number of nitrogens with one attached hydrogen (secondary N) is 2. The summed E-state index contributed by atoms with van der Waals surface area (Å²) in [5, 5.41) is 15.2. The van der Waals surface area contributed by atoms with E-state index in [4.69, 9.17) is 9.47 Å². The number of aliphatic hydroxyl groups excluding tert-OH is 1. The Labute approximate surface area is 265 Å². The van der Waals surface area contributed by atoms with Crippen molar-refractivity contribution in [3.8, 4) is 0 Å². The van der Waals surface area contributed by atoms with E-state index < -0.39 is 6.29 Å². The van der Waals surface area contributed by atoms with Gasteiger partial charge in [-0.1, -0.05) is 48.5 Å². The van der Waals surface area contributed by atoms with Crippen molar-refractivity contribution in [1.82, 2.24) is 9.97 Å². The van der Waals surface area contributed by atoms with Gasteiger partial charge in [0, 0.05) is 40.9 Å². The zero-order valence-corrected chi connectivity index (χ0v) is 25.4. The lowest BCUT2D eigenvalue weighted by Gasteiger charge is -2.36. The van der Waals surface area contributed by atoms with Crippen LogP contribution in [0.4, 0.5) is 11.4 Å². The molecule has 4 aromatic carbocycles. The number of fused-ring (bicyclic) bond motifs is 1. The molecule has 1 aliphatic rings. The molecule has 10 heteroatoms. The van der Waals surface area contributed by atoms with E-state index >= 15 is 0 Å². The summed E-state index contributed by atoms with van der Waals surface area (Å²) in [6, 6.07) is 30.3. The minimum absolute atomic E-state index is 0.0200. The predicted molar refractivity (Wildman–Crippen MR) is 174 cm³/mol. The molecule has 0 radical (unpaired) electrons. The monoisotopic (exact) mass is 620 g/mol. The van der Waals surface area contributed by atoms with Crippen molar-refractivity contribution in [3.63, 3.8) is 0 Å².